The number of nitrogens with two attached hydrogens (primary N) is 1. The molecular formula is C24H24N2O5S. The van der Waals surface area contributed by atoms with Crippen molar-refractivity contribution in [2.45, 2.75) is 30.1 Å². The molecule has 1 aliphatic heterocycles. The van der Waals surface area contributed by atoms with Gasteiger partial charge >= 0.3 is 0 Å². The number of primary sulfonamides is 1. The average Bonchev–Trinajstić information content (AvgIpc) is 3.45. The zero-order chi connectivity index (χ0) is 22.5. The second-order valence-corrected chi connectivity index (χ2v) is 9.71. The maximum atomic E-state index is 13.3. The lowest BCUT2D eigenvalue weighted by Gasteiger charge is -2.18. The molecule has 7 nitrogen and oxygen atoms in total. The number of hydrogen-bond donors (Lipinski definition) is 2. The molecule has 3 aromatic rings. The quantitative estimate of drug-likeness (QED) is 0.609. The molecule has 1 saturated carbocycles. The first-order chi connectivity index (χ1) is 15.3. The van der Waals surface area contributed by atoms with E-state index in [4.69, 9.17) is 14.6 Å². The minimum absolute atomic E-state index is 0. The van der Waals surface area contributed by atoms with Gasteiger partial charge in [0.05, 0.1) is 10.3 Å². The molecule has 0 bridgehead atoms. The molecule has 1 fully saturated rings. The summed E-state index contributed by atoms with van der Waals surface area (Å²) in [6.07, 6.45) is 1.54. The lowest BCUT2D eigenvalue weighted by Crippen LogP contribution is -2.28. The average molecular weight is 453 g/mol. The largest absolute Gasteiger partial charge is 0.454 e. The Kier molecular flexibility index (Phi) is 4.72. The van der Waals surface area contributed by atoms with E-state index in [0.29, 0.717) is 11.5 Å². The number of carbonyl (C=O) groups is 1. The van der Waals surface area contributed by atoms with Crippen molar-refractivity contribution in [3.63, 3.8) is 0 Å². The van der Waals surface area contributed by atoms with Crippen molar-refractivity contribution in [3.8, 4) is 22.6 Å². The number of rotatable bonds is 5. The standard InChI is InChI=1S/C24H22N2O5S.H2/c1-15-19(16-5-8-18(9-6-16)32(25,28)29)3-2-4-20(15)26-23(27)24(11-12-24)17-7-10-21-22(13-17)31-14-30-21;/h2-10,13H,11-12,14H2,1H3,(H,26,27)(H2,25,28,29);1H. The minimum atomic E-state index is -3.75. The molecule has 1 aliphatic carbocycles. The van der Waals surface area contributed by atoms with Gasteiger partial charge in [-0.1, -0.05) is 30.3 Å². The van der Waals surface area contributed by atoms with Gasteiger partial charge in [-0.05, 0) is 72.4 Å². The van der Waals surface area contributed by atoms with Crippen LogP contribution >= 0.6 is 0 Å². The Hall–Kier alpha value is -3.36. The monoisotopic (exact) mass is 452 g/mol. The SMILES string of the molecule is Cc1c(NC(=O)C2(c3ccc4c(c3)OCO4)CC2)cccc1-c1ccc(S(N)(=O)=O)cc1.[HH]. The molecule has 0 saturated heterocycles. The summed E-state index contributed by atoms with van der Waals surface area (Å²) in [7, 11) is -3.75. The van der Waals surface area contributed by atoms with Gasteiger partial charge in [0.15, 0.2) is 11.5 Å². The second kappa shape index (κ2) is 7.36. The minimum Gasteiger partial charge on any atom is -0.454 e. The normalized spacial score (nSPS) is 15.9. The van der Waals surface area contributed by atoms with Gasteiger partial charge in [-0.2, -0.15) is 0 Å². The van der Waals surface area contributed by atoms with E-state index in [1.807, 2.05) is 43.3 Å². The number of hydrogen-bond acceptors (Lipinski definition) is 5. The molecule has 0 unspecified atom stereocenters. The Labute approximate surface area is 187 Å². The lowest BCUT2D eigenvalue weighted by molar-refractivity contribution is -0.118. The fourth-order valence-corrected chi connectivity index (χ4v) is 4.63. The molecule has 0 aromatic heterocycles. The van der Waals surface area contributed by atoms with Crippen molar-refractivity contribution < 1.29 is 24.1 Å². The van der Waals surface area contributed by atoms with Crippen LogP contribution in [0.2, 0.25) is 0 Å². The Bertz CT molecular complexity index is 1340. The summed E-state index contributed by atoms with van der Waals surface area (Å²) in [5.41, 5.74) is 3.70. The van der Waals surface area contributed by atoms with E-state index in [9.17, 15) is 13.2 Å². The highest BCUT2D eigenvalue weighted by molar-refractivity contribution is 7.89. The van der Waals surface area contributed by atoms with Crippen LogP contribution in [0.5, 0.6) is 11.5 Å². The molecular weight excluding hydrogens is 428 g/mol. The number of carbonyl (C=O) groups excluding carboxylic acids is 1. The molecule has 166 valence electrons. The number of nitrogens with one attached hydrogen (secondary N) is 1. The highest BCUT2D eigenvalue weighted by atomic mass is 32.2. The molecule has 1 heterocycles. The van der Waals surface area contributed by atoms with E-state index in [-0.39, 0.29) is 19.0 Å². The molecule has 5 rings (SSSR count). The third-order valence-corrected chi connectivity index (χ3v) is 7.11. The van der Waals surface area contributed by atoms with Crippen LogP contribution in [0.15, 0.2) is 65.6 Å². The van der Waals surface area contributed by atoms with Crippen LogP contribution in [0.4, 0.5) is 5.69 Å². The Morgan fingerprint density at radius 1 is 1.03 bits per heavy atom. The van der Waals surface area contributed by atoms with Crippen molar-refractivity contribution in [3.05, 3.63) is 71.8 Å². The zero-order valence-corrected chi connectivity index (χ0v) is 18.2. The first-order valence-corrected chi connectivity index (χ1v) is 11.8. The molecule has 1 amide bonds. The van der Waals surface area contributed by atoms with Crippen molar-refractivity contribution >= 4 is 21.6 Å². The van der Waals surface area contributed by atoms with Crippen LogP contribution in [0.25, 0.3) is 11.1 Å². The summed E-state index contributed by atoms with van der Waals surface area (Å²) < 4.78 is 33.9. The summed E-state index contributed by atoms with van der Waals surface area (Å²) in [5, 5.41) is 8.29. The molecule has 8 heteroatoms. The van der Waals surface area contributed by atoms with Gasteiger partial charge in [-0.3, -0.25) is 4.79 Å². The first kappa shape index (κ1) is 20.5. The first-order valence-electron chi connectivity index (χ1n) is 10.2. The fraction of sp³-hybridized carbons (Fsp3) is 0.208. The van der Waals surface area contributed by atoms with Crippen LogP contribution in [-0.4, -0.2) is 21.1 Å². The number of benzene rings is 3. The van der Waals surface area contributed by atoms with Crippen LogP contribution in [0, 0.1) is 6.92 Å². The lowest BCUT2D eigenvalue weighted by atomic mass is 9.93. The van der Waals surface area contributed by atoms with E-state index >= 15 is 0 Å². The summed E-state index contributed by atoms with van der Waals surface area (Å²) in [5.74, 6) is 1.31. The number of ether oxygens (including phenoxy) is 2. The summed E-state index contributed by atoms with van der Waals surface area (Å²) >= 11 is 0. The third-order valence-electron chi connectivity index (χ3n) is 6.19. The van der Waals surface area contributed by atoms with Crippen molar-refractivity contribution in [1.82, 2.24) is 0 Å². The van der Waals surface area contributed by atoms with E-state index < -0.39 is 15.4 Å². The second-order valence-electron chi connectivity index (χ2n) is 8.15. The maximum absolute atomic E-state index is 13.3. The smallest absolute Gasteiger partial charge is 0.238 e. The van der Waals surface area contributed by atoms with Crippen LogP contribution in [-0.2, 0) is 20.2 Å². The van der Waals surface area contributed by atoms with Gasteiger partial charge < -0.3 is 14.8 Å². The summed E-state index contributed by atoms with van der Waals surface area (Å²) in [4.78, 5) is 13.3. The number of anilines is 1. The summed E-state index contributed by atoms with van der Waals surface area (Å²) in [6, 6.07) is 17.7. The Balaban J connectivity index is 0.00000259. The number of fused-ring (bicyclic) bond motifs is 1. The predicted octanol–water partition coefficient (Wildman–Crippen LogP) is 3.95. The molecule has 3 aromatic carbocycles. The third kappa shape index (κ3) is 3.51. The fourth-order valence-electron chi connectivity index (χ4n) is 4.12. The molecule has 0 atom stereocenters. The van der Waals surface area contributed by atoms with Gasteiger partial charge in [-0.25, -0.2) is 13.6 Å². The van der Waals surface area contributed by atoms with Gasteiger partial charge in [0.2, 0.25) is 22.7 Å². The van der Waals surface area contributed by atoms with Gasteiger partial charge in [0.25, 0.3) is 0 Å². The number of sulfonamides is 1. The van der Waals surface area contributed by atoms with Crippen molar-refractivity contribution in [2.75, 3.05) is 12.1 Å². The Morgan fingerprint density at radius 3 is 2.44 bits per heavy atom. The van der Waals surface area contributed by atoms with E-state index in [0.717, 1.165) is 40.8 Å². The maximum Gasteiger partial charge on any atom is 0.238 e. The molecule has 2 aliphatic rings. The molecule has 0 radical (unpaired) electrons. The zero-order valence-electron chi connectivity index (χ0n) is 17.4. The van der Waals surface area contributed by atoms with Crippen molar-refractivity contribution in [2.24, 2.45) is 5.14 Å². The predicted molar refractivity (Wildman–Crippen MR) is 122 cm³/mol. The highest BCUT2D eigenvalue weighted by Crippen LogP contribution is 2.51. The van der Waals surface area contributed by atoms with Crippen molar-refractivity contribution in [1.29, 1.82) is 0 Å². The van der Waals surface area contributed by atoms with Gasteiger partial charge in [0.1, 0.15) is 0 Å². The molecule has 32 heavy (non-hydrogen) atoms. The van der Waals surface area contributed by atoms with Gasteiger partial charge in [0, 0.05) is 7.11 Å². The number of amides is 1. The molecule has 3 N–H and O–H groups in total. The van der Waals surface area contributed by atoms with E-state index in [2.05, 4.69) is 5.32 Å². The topological polar surface area (TPSA) is 108 Å². The van der Waals surface area contributed by atoms with Crippen LogP contribution < -0.4 is 19.9 Å². The van der Waals surface area contributed by atoms with E-state index in [1.54, 1.807) is 12.1 Å². The van der Waals surface area contributed by atoms with Crippen LogP contribution in [0.1, 0.15) is 25.4 Å². The van der Waals surface area contributed by atoms with Gasteiger partial charge in [-0.15, -0.1) is 0 Å². The summed E-state index contributed by atoms with van der Waals surface area (Å²) in [6.45, 7) is 2.13. The highest BCUT2D eigenvalue weighted by Gasteiger charge is 2.51. The Morgan fingerprint density at radius 2 is 1.75 bits per heavy atom. The molecule has 0 spiro atoms. The van der Waals surface area contributed by atoms with Crippen LogP contribution in [0.3, 0.4) is 0 Å². The van der Waals surface area contributed by atoms with E-state index in [1.165, 1.54) is 12.1 Å².